The van der Waals surface area contributed by atoms with Gasteiger partial charge in [0, 0.05) is 12.6 Å². The third-order valence-corrected chi connectivity index (χ3v) is 9.26. The van der Waals surface area contributed by atoms with Crippen molar-refractivity contribution in [3.8, 4) is 0 Å². The molecule has 4 aromatic carbocycles. The highest BCUT2D eigenvalue weighted by molar-refractivity contribution is 7.58. The van der Waals surface area contributed by atoms with Crippen LogP contribution in [0.25, 0.3) is 0 Å². The molecule has 0 saturated heterocycles. The summed E-state index contributed by atoms with van der Waals surface area (Å²) in [6.45, 7) is -0.0407. The van der Waals surface area contributed by atoms with E-state index >= 15 is 0 Å². The number of aliphatic carboxylic acids is 1. The number of carboxylic acid groups (broad SMARTS) is 1. The van der Waals surface area contributed by atoms with Gasteiger partial charge >= 0.3 is 12.1 Å². The van der Waals surface area contributed by atoms with Crippen molar-refractivity contribution in [1.29, 1.82) is 0 Å². The monoisotopic (exact) mass is 614 g/mol. The molecular weight excluding hydrogens is 579 g/mol. The van der Waals surface area contributed by atoms with Crippen LogP contribution >= 0.6 is 7.37 Å². The number of carbonyl (C=O) groups excluding carboxylic acids is 2. The number of carbonyl (C=O) groups is 3. The van der Waals surface area contributed by atoms with Crippen LogP contribution in [0.5, 0.6) is 0 Å². The molecule has 0 heterocycles. The lowest BCUT2D eigenvalue weighted by molar-refractivity contribution is -0.142. The summed E-state index contributed by atoms with van der Waals surface area (Å²) in [4.78, 5) is 50.1. The van der Waals surface area contributed by atoms with E-state index in [1.807, 2.05) is 12.1 Å². The molecule has 0 aliphatic rings. The van der Waals surface area contributed by atoms with E-state index in [0.29, 0.717) is 5.56 Å². The summed E-state index contributed by atoms with van der Waals surface area (Å²) in [6, 6.07) is 33.9. The third-order valence-electron chi connectivity index (χ3n) is 7.06. The maximum absolute atomic E-state index is 14.1. The number of carboxylic acids is 1. The van der Waals surface area contributed by atoms with Crippen LogP contribution in [0, 0.1) is 5.92 Å². The lowest BCUT2D eigenvalue weighted by atomic mass is 9.99. The molecule has 0 bridgehead atoms. The number of amides is 2. The Kier molecular flexibility index (Phi) is 11.5. The van der Waals surface area contributed by atoms with Gasteiger partial charge in [0.05, 0.1) is 5.92 Å². The molecule has 228 valence electrons. The Morgan fingerprint density at radius 3 is 1.68 bits per heavy atom. The SMILES string of the molecule is O=C(N[C@@H](c1ccccc1)P(=O)(O)CC(Cc1ccccc1)C(=O)N[C@@H](Cc1ccccc1)C(=O)O)OCc1ccccc1. The van der Waals surface area contributed by atoms with Crippen LogP contribution in [0.15, 0.2) is 121 Å². The highest BCUT2D eigenvalue weighted by atomic mass is 31.2. The van der Waals surface area contributed by atoms with Crippen molar-refractivity contribution in [2.24, 2.45) is 5.92 Å². The van der Waals surface area contributed by atoms with E-state index < -0.39 is 49.2 Å². The second-order valence-corrected chi connectivity index (χ2v) is 12.8. The molecule has 0 saturated carbocycles. The van der Waals surface area contributed by atoms with Crippen molar-refractivity contribution >= 4 is 25.3 Å². The molecule has 9 nitrogen and oxygen atoms in total. The van der Waals surface area contributed by atoms with Gasteiger partial charge in [0.15, 0.2) is 0 Å². The summed E-state index contributed by atoms with van der Waals surface area (Å²) in [5.41, 5.74) is 2.56. The van der Waals surface area contributed by atoms with Crippen molar-refractivity contribution in [3.63, 3.8) is 0 Å². The molecule has 4 aromatic rings. The van der Waals surface area contributed by atoms with Gasteiger partial charge in [-0.25, -0.2) is 9.59 Å². The zero-order valence-electron chi connectivity index (χ0n) is 24.0. The molecule has 44 heavy (non-hydrogen) atoms. The predicted octanol–water partition coefficient (Wildman–Crippen LogP) is 5.55. The fourth-order valence-electron chi connectivity index (χ4n) is 4.83. The summed E-state index contributed by atoms with van der Waals surface area (Å²) in [6.07, 6.45) is -1.30. The molecule has 0 aliphatic carbocycles. The van der Waals surface area contributed by atoms with Crippen LogP contribution in [-0.4, -0.2) is 40.2 Å². The van der Waals surface area contributed by atoms with E-state index in [1.54, 1.807) is 109 Å². The first-order valence-corrected chi connectivity index (χ1v) is 16.1. The number of hydrogen-bond donors (Lipinski definition) is 4. The minimum Gasteiger partial charge on any atom is -0.480 e. The highest BCUT2D eigenvalue weighted by Gasteiger charge is 2.39. The van der Waals surface area contributed by atoms with E-state index in [9.17, 15) is 28.9 Å². The largest absolute Gasteiger partial charge is 0.480 e. The first kappa shape index (κ1) is 32.2. The summed E-state index contributed by atoms with van der Waals surface area (Å²) in [7, 11) is -4.37. The van der Waals surface area contributed by atoms with Gasteiger partial charge in [0.2, 0.25) is 13.3 Å². The van der Waals surface area contributed by atoms with Crippen LogP contribution in [0.2, 0.25) is 0 Å². The number of nitrogens with one attached hydrogen (secondary N) is 2. The topological polar surface area (TPSA) is 142 Å². The summed E-state index contributed by atoms with van der Waals surface area (Å²) in [5.74, 6) is -4.36. The van der Waals surface area contributed by atoms with Crippen LogP contribution in [0.4, 0.5) is 4.79 Å². The average molecular weight is 615 g/mol. The molecule has 4 atom stereocenters. The van der Waals surface area contributed by atoms with Gasteiger partial charge in [-0.2, -0.15) is 0 Å². The smallest absolute Gasteiger partial charge is 0.408 e. The van der Waals surface area contributed by atoms with E-state index in [1.165, 1.54) is 0 Å². The van der Waals surface area contributed by atoms with Gasteiger partial charge in [-0.05, 0) is 28.7 Å². The molecule has 0 spiro atoms. The summed E-state index contributed by atoms with van der Waals surface area (Å²) < 4.78 is 19.5. The molecule has 0 radical (unpaired) electrons. The fourth-order valence-corrected chi connectivity index (χ4v) is 6.91. The van der Waals surface area contributed by atoms with Crippen LogP contribution in [0.1, 0.15) is 28.0 Å². The minimum absolute atomic E-state index is 0.0399. The zero-order valence-corrected chi connectivity index (χ0v) is 24.9. The Balaban J connectivity index is 1.57. The van der Waals surface area contributed by atoms with E-state index in [2.05, 4.69) is 10.6 Å². The lowest BCUT2D eigenvalue weighted by Gasteiger charge is -2.28. The van der Waals surface area contributed by atoms with Gasteiger partial charge < -0.3 is 25.4 Å². The number of rotatable bonds is 14. The molecule has 2 amide bonds. The Morgan fingerprint density at radius 2 is 1.16 bits per heavy atom. The number of alkyl carbamates (subject to hydrolysis) is 1. The highest BCUT2D eigenvalue weighted by Crippen LogP contribution is 2.55. The molecule has 2 unspecified atom stereocenters. The van der Waals surface area contributed by atoms with Crippen LogP contribution in [0.3, 0.4) is 0 Å². The molecular formula is C34H35N2O7P. The van der Waals surface area contributed by atoms with Gasteiger partial charge in [-0.1, -0.05) is 121 Å². The second-order valence-electron chi connectivity index (χ2n) is 10.4. The van der Waals surface area contributed by atoms with Gasteiger partial charge in [0.1, 0.15) is 18.4 Å². The summed E-state index contributed by atoms with van der Waals surface area (Å²) in [5, 5.41) is 15.0. The van der Waals surface area contributed by atoms with Gasteiger partial charge in [-0.3, -0.25) is 9.36 Å². The Hall–Kier alpha value is -4.72. The van der Waals surface area contributed by atoms with Crippen molar-refractivity contribution in [1.82, 2.24) is 10.6 Å². The lowest BCUT2D eigenvalue weighted by Crippen LogP contribution is -2.46. The van der Waals surface area contributed by atoms with Crippen molar-refractivity contribution < 1.29 is 33.7 Å². The minimum atomic E-state index is -4.37. The van der Waals surface area contributed by atoms with E-state index in [4.69, 9.17) is 4.74 Å². The Morgan fingerprint density at radius 1 is 0.682 bits per heavy atom. The summed E-state index contributed by atoms with van der Waals surface area (Å²) >= 11 is 0. The maximum Gasteiger partial charge on any atom is 0.408 e. The molecule has 0 fully saturated rings. The standard InChI is InChI=1S/C34H35N2O7P/c37-31(35-30(33(38)39)22-26-15-7-2-8-16-26)29(21-25-13-5-1-6-14-25)24-44(41,42)32(28-19-11-4-12-20-28)36-34(40)43-23-27-17-9-3-10-18-27/h1-20,29-30,32H,21-24H2,(H,35,37)(H,36,40)(H,38,39)(H,41,42)/t29?,30-,32+/m0/s1. The number of benzene rings is 4. The van der Waals surface area contributed by atoms with E-state index in [0.717, 1.165) is 16.7 Å². The van der Waals surface area contributed by atoms with Crippen molar-refractivity contribution in [2.75, 3.05) is 6.16 Å². The quantitative estimate of drug-likeness (QED) is 0.136. The van der Waals surface area contributed by atoms with E-state index in [-0.39, 0.29) is 19.4 Å². The Labute approximate surface area is 256 Å². The average Bonchev–Trinajstić information content (AvgIpc) is 3.03. The van der Waals surface area contributed by atoms with Gasteiger partial charge in [-0.15, -0.1) is 0 Å². The normalized spacial score (nSPS) is 14.3. The zero-order chi connectivity index (χ0) is 31.4. The van der Waals surface area contributed by atoms with Gasteiger partial charge in [0.25, 0.3) is 0 Å². The molecule has 0 aromatic heterocycles. The fraction of sp³-hybridized carbons (Fsp3) is 0.206. The number of ether oxygens (including phenoxy) is 1. The molecule has 4 rings (SSSR count). The molecule has 10 heteroatoms. The van der Waals surface area contributed by atoms with Crippen LogP contribution < -0.4 is 10.6 Å². The van der Waals surface area contributed by atoms with Crippen LogP contribution in [-0.2, 0) is 38.3 Å². The maximum atomic E-state index is 14.1. The Bertz CT molecular complexity index is 1550. The second kappa shape index (κ2) is 15.7. The predicted molar refractivity (Wildman–Crippen MR) is 167 cm³/mol. The first-order valence-electron chi connectivity index (χ1n) is 14.2. The van der Waals surface area contributed by atoms with Crippen molar-refractivity contribution in [2.45, 2.75) is 31.3 Å². The van der Waals surface area contributed by atoms with Crippen molar-refractivity contribution in [3.05, 3.63) is 144 Å². The molecule has 4 N–H and O–H groups in total. The number of hydrogen-bond acceptors (Lipinski definition) is 5. The first-order chi connectivity index (χ1) is 21.2. The molecule has 0 aliphatic heterocycles. The third kappa shape index (κ3) is 9.66.